The van der Waals surface area contributed by atoms with Gasteiger partial charge in [-0.1, -0.05) is 0 Å². The Morgan fingerprint density at radius 3 is 2.37 bits per heavy atom. The minimum absolute atomic E-state index is 0.0536. The van der Waals surface area contributed by atoms with E-state index < -0.39 is 22.5 Å². The van der Waals surface area contributed by atoms with Crippen LogP contribution >= 0.6 is 15.9 Å². The van der Waals surface area contributed by atoms with Gasteiger partial charge in [0.15, 0.2) is 0 Å². The van der Waals surface area contributed by atoms with Gasteiger partial charge in [-0.25, -0.2) is 8.42 Å². The van der Waals surface area contributed by atoms with Crippen LogP contribution in [0.4, 0.5) is 0 Å². The SMILES string of the molecule is COc1cc(OC)c(S(=O)(=O)NCC(=O)O)cc1Br. The average Bonchev–Trinajstić information content (AvgIpc) is 2.36. The van der Waals surface area contributed by atoms with E-state index in [0.717, 1.165) is 0 Å². The molecule has 0 bridgehead atoms. The molecule has 0 spiro atoms. The van der Waals surface area contributed by atoms with E-state index in [0.29, 0.717) is 10.2 Å². The molecule has 0 aromatic heterocycles. The third kappa shape index (κ3) is 3.82. The van der Waals surface area contributed by atoms with Gasteiger partial charge in [0.25, 0.3) is 0 Å². The Morgan fingerprint density at radius 2 is 1.89 bits per heavy atom. The highest BCUT2D eigenvalue weighted by Gasteiger charge is 2.22. The monoisotopic (exact) mass is 353 g/mol. The summed E-state index contributed by atoms with van der Waals surface area (Å²) in [6.07, 6.45) is 0. The Labute approximate surface area is 118 Å². The molecule has 0 aliphatic heterocycles. The van der Waals surface area contributed by atoms with E-state index in [2.05, 4.69) is 15.9 Å². The normalized spacial score (nSPS) is 11.1. The molecule has 1 aromatic carbocycles. The van der Waals surface area contributed by atoms with Gasteiger partial charge >= 0.3 is 5.97 Å². The molecule has 0 saturated heterocycles. The molecule has 0 radical (unpaired) electrons. The Kier molecular flexibility index (Phi) is 5.15. The van der Waals surface area contributed by atoms with Gasteiger partial charge in [0.05, 0.1) is 18.7 Å². The summed E-state index contributed by atoms with van der Waals surface area (Å²) >= 11 is 3.15. The minimum Gasteiger partial charge on any atom is -0.495 e. The fourth-order valence-electron chi connectivity index (χ4n) is 1.28. The van der Waals surface area contributed by atoms with Crippen molar-refractivity contribution in [3.63, 3.8) is 0 Å². The maximum Gasteiger partial charge on any atom is 0.318 e. The van der Waals surface area contributed by atoms with E-state index in [1.54, 1.807) is 0 Å². The lowest BCUT2D eigenvalue weighted by Crippen LogP contribution is -2.29. The van der Waals surface area contributed by atoms with E-state index in [-0.39, 0.29) is 10.6 Å². The second-order valence-electron chi connectivity index (χ2n) is 3.36. The average molecular weight is 354 g/mol. The first-order chi connectivity index (χ1) is 8.81. The topological polar surface area (TPSA) is 102 Å². The van der Waals surface area contributed by atoms with Gasteiger partial charge in [-0.3, -0.25) is 4.79 Å². The van der Waals surface area contributed by atoms with E-state index in [1.165, 1.54) is 26.4 Å². The van der Waals surface area contributed by atoms with Crippen molar-refractivity contribution in [3.05, 3.63) is 16.6 Å². The molecule has 0 amide bonds. The van der Waals surface area contributed by atoms with Crippen LogP contribution in [0.3, 0.4) is 0 Å². The number of rotatable bonds is 6. The fourth-order valence-corrected chi connectivity index (χ4v) is 3.08. The number of ether oxygens (including phenoxy) is 2. The summed E-state index contributed by atoms with van der Waals surface area (Å²) in [6, 6.07) is 2.67. The van der Waals surface area contributed by atoms with Crippen molar-refractivity contribution in [1.29, 1.82) is 0 Å². The van der Waals surface area contributed by atoms with E-state index >= 15 is 0 Å². The molecule has 1 aromatic rings. The number of hydrogen-bond donors (Lipinski definition) is 2. The van der Waals surface area contributed by atoms with Gasteiger partial charge < -0.3 is 14.6 Å². The Bertz CT molecular complexity index is 586. The highest BCUT2D eigenvalue weighted by Crippen LogP contribution is 2.35. The van der Waals surface area contributed by atoms with Crippen molar-refractivity contribution in [1.82, 2.24) is 4.72 Å². The van der Waals surface area contributed by atoms with Crippen LogP contribution in [0.25, 0.3) is 0 Å². The smallest absolute Gasteiger partial charge is 0.318 e. The zero-order chi connectivity index (χ0) is 14.6. The van der Waals surface area contributed by atoms with Gasteiger partial charge in [0, 0.05) is 6.07 Å². The van der Waals surface area contributed by atoms with Gasteiger partial charge in [-0.05, 0) is 22.0 Å². The van der Waals surface area contributed by atoms with Crippen molar-refractivity contribution < 1.29 is 27.8 Å². The van der Waals surface area contributed by atoms with E-state index in [9.17, 15) is 13.2 Å². The number of halogens is 1. The van der Waals surface area contributed by atoms with Gasteiger partial charge in [-0.15, -0.1) is 0 Å². The van der Waals surface area contributed by atoms with Crippen LogP contribution in [-0.4, -0.2) is 40.3 Å². The molecule has 0 heterocycles. The van der Waals surface area contributed by atoms with Crippen LogP contribution in [0, 0.1) is 0 Å². The van der Waals surface area contributed by atoms with Crippen LogP contribution < -0.4 is 14.2 Å². The Balaban J connectivity index is 3.25. The minimum atomic E-state index is -3.99. The molecule has 0 saturated carbocycles. The zero-order valence-corrected chi connectivity index (χ0v) is 12.5. The molecule has 0 aliphatic carbocycles. The summed E-state index contributed by atoms with van der Waals surface area (Å²) in [5, 5.41) is 8.50. The van der Waals surface area contributed by atoms with Crippen LogP contribution in [-0.2, 0) is 14.8 Å². The summed E-state index contributed by atoms with van der Waals surface area (Å²) in [5.74, 6) is -0.831. The maximum atomic E-state index is 12.0. The molecule has 106 valence electrons. The number of methoxy groups -OCH3 is 2. The highest BCUT2D eigenvalue weighted by molar-refractivity contribution is 9.10. The number of carbonyl (C=O) groups is 1. The third-order valence-corrected chi connectivity index (χ3v) is 4.18. The molecule has 19 heavy (non-hydrogen) atoms. The summed E-state index contributed by atoms with van der Waals surface area (Å²) < 4.78 is 36.2. The molecular formula is C10H12BrNO6S. The predicted molar refractivity (Wildman–Crippen MR) is 70.1 cm³/mol. The van der Waals surface area contributed by atoms with Crippen molar-refractivity contribution in [2.45, 2.75) is 4.90 Å². The van der Waals surface area contributed by atoms with E-state index in [4.69, 9.17) is 14.6 Å². The van der Waals surface area contributed by atoms with Gasteiger partial charge in [0.2, 0.25) is 10.0 Å². The molecule has 9 heteroatoms. The van der Waals surface area contributed by atoms with Gasteiger partial charge in [-0.2, -0.15) is 4.72 Å². The van der Waals surface area contributed by atoms with Crippen molar-refractivity contribution >= 4 is 31.9 Å². The summed E-state index contributed by atoms with van der Waals surface area (Å²) in [6.45, 7) is -0.713. The fraction of sp³-hybridized carbons (Fsp3) is 0.300. The van der Waals surface area contributed by atoms with Crippen LogP contribution in [0.2, 0.25) is 0 Å². The lowest BCUT2D eigenvalue weighted by molar-refractivity contribution is -0.135. The second kappa shape index (κ2) is 6.22. The molecular weight excluding hydrogens is 342 g/mol. The number of nitrogens with one attached hydrogen (secondary N) is 1. The number of benzene rings is 1. The second-order valence-corrected chi connectivity index (χ2v) is 5.95. The Morgan fingerprint density at radius 1 is 1.32 bits per heavy atom. The Hall–Kier alpha value is -1.32. The van der Waals surface area contributed by atoms with Crippen LogP contribution in [0.1, 0.15) is 0 Å². The first-order valence-electron chi connectivity index (χ1n) is 4.94. The number of aliphatic carboxylic acids is 1. The molecule has 0 fully saturated rings. The molecule has 0 aliphatic rings. The standard InChI is InChI=1S/C10H12BrNO6S/c1-17-7-4-8(18-2)9(3-6(7)11)19(15,16)12-5-10(13)14/h3-4,12H,5H2,1-2H3,(H,13,14). The first-order valence-corrected chi connectivity index (χ1v) is 7.22. The molecule has 7 nitrogen and oxygen atoms in total. The molecule has 1 rings (SSSR count). The highest BCUT2D eigenvalue weighted by atomic mass is 79.9. The van der Waals surface area contributed by atoms with Crippen LogP contribution in [0.5, 0.6) is 11.5 Å². The number of carboxylic acid groups (broad SMARTS) is 1. The molecule has 0 unspecified atom stereocenters. The maximum absolute atomic E-state index is 12.0. The summed E-state index contributed by atoms with van der Waals surface area (Å²) in [4.78, 5) is 10.2. The summed E-state index contributed by atoms with van der Waals surface area (Å²) in [7, 11) is -1.26. The van der Waals surface area contributed by atoms with Crippen molar-refractivity contribution in [3.8, 4) is 11.5 Å². The molecule has 0 atom stereocenters. The third-order valence-electron chi connectivity index (χ3n) is 2.14. The lowest BCUT2D eigenvalue weighted by atomic mass is 10.3. The predicted octanol–water partition coefficient (Wildman–Crippen LogP) is 0.829. The number of hydrogen-bond acceptors (Lipinski definition) is 5. The largest absolute Gasteiger partial charge is 0.495 e. The van der Waals surface area contributed by atoms with Crippen LogP contribution in [0.15, 0.2) is 21.5 Å². The summed E-state index contributed by atoms with van der Waals surface area (Å²) in [5.41, 5.74) is 0. The van der Waals surface area contributed by atoms with Crippen molar-refractivity contribution in [2.24, 2.45) is 0 Å². The number of sulfonamides is 1. The molecule has 2 N–H and O–H groups in total. The first kappa shape index (κ1) is 15.7. The van der Waals surface area contributed by atoms with Gasteiger partial charge in [0.1, 0.15) is 22.9 Å². The van der Waals surface area contributed by atoms with E-state index in [1.807, 2.05) is 4.72 Å². The quantitative estimate of drug-likeness (QED) is 0.785. The zero-order valence-electron chi connectivity index (χ0n) is 10.1. The van der Waals surface area contributed by atoms with Crippen molar-refractivity contribution in [2.75, 3.05) is 20.8 Å². The lowest BCUT2D eigenvalue weighted by Gasteiger charge is -2.12. The number of carboxylic acids is 1.